The molecule has 0 aliphatic carbocycles. The van der Waals surface area contributed by atoms with Crippen LogP contribution in [0.25, 0.3) is 10.2 Å². The van der Waals surface area contributed by atoms with Crippen LogP contribution in [-0.4, -0.2) is 9.97 Å². The standard InChI is InChI=1S/C14H13ClN4OS/c1-7-5-9(15)6-8(2)11(7)20-12-10-3-4-21-13(10)18-14(17-12)19-16/h3-6H,16H2,1-2H3,(H,17,18,19). The summed E-state index contributed by atoms with van der Waals surface area (Å²) in [7, 11) is 0. The summed E-state index contributed by atoms with van der Waals surface area (Å²) < 4.78 is 6.01. The first kappa shape index (κ1) is 14.1. The highest BCUT2D eigenvalue weighted by Crippen LogP contribution is 2.35. The number of nitrogen functional groups attached to an aromatic ring is 1. The molecule has 5 nitrogen and oxygen atoms in total. The number of hydrogen-bond donors (Lipinski definition) is 2. The van der Waals surface area contributed by atoms with Gasteiger partial charge < -0.3 is 4.74 Å². The summed E-state index contributed by atoms with van der Waals surface area (Å²) in [4.78, 5) is 9.40. The maximum atomic E-state index is 6.04. The fraction of sp³-hybridized carbons (Fsp3) is 0.143. The zero-order valence-corrected chi connectivity index (χ0v) is 13.0. The first-order valence-corrected chi connectivity index (χ1v) is 7.50. The number of nitrogens with two attached hydrogens (primary N) is 1. The maximum Gasteiger partial charge on any atom is 0.241 e. The summed E-state index contributed by atoms with van der Waals surface area (Å²) in [5.41, 5.74) is 4.35. The number of rotatable bonds is 3. The Labute approximate surface area is 130 Å². The van der Waals surface area contributed by atoms with Gasteiger partial charge in [-0.1, -0.05) is 11.6 Å². The molecule has 108 valence electrons. The van der Waals surface area contributed by atoms with Crippen molar-refractivity contribution in [3.05, 3.63) is 39.7 Å². The Morgan fingerprint density at radius 3 is 2.62 bits per heavy atom. The first-order valence-electron chi connectivity index (χ1n) is 6.25. The average molecular weight is 321 g/mol. The van der Waals surface area contributed by atoms with Crippen molar-refractivity contribution >= 4 is 39.1 Å². The van der Waals surface area contributed by atoms with Crippen LogP contribution in [0.3, 0.4) is 0 Å². The van der Waals surface area contributed by atoms with Crippen molar-refractivity contribution in [2.75, 3.05) is 5.43 Å². The molecule has 0 aliphatic rings. The minimum Gasteiger partial charge on any atom is -0.438 e. The third kappa shape index (κ3) is 2.65. The summed E-state index contributed by atoms with van der Waals surface area (Å²) in [5.74, 6) is 6.95. The quantitative estimate of drug-likeness (QED) is 0.563. The van der Waals surface area contributed by atoms with E-state index in [-0.39, 0.29) is 0 Å². The van der Waals surface area contributed by atoms with E-state index in [4.69, 9.17) is 22.2 Å². The van der Waals surface area contributed by atoms with Gasteiger partial charge in [0.2, 0.25) is 11.8 Å². The molecule has 0 amide bonds. The van der Waals surface area contributed by atoms with E-state index >= 15 is 0 Å². The van der Waals surface area contributed by atoms with Crippen LogP contribution in [0.2, 0.25) is 5.02 Å². The van der Waals surface area contributed by atoms with Crippen LogP contribution in [0.15, 0.2) is 23.6 Å². The Morgan fingerprint density at radius 2 is 1.95 bits per heavy atom. The van der Waals surface area contributed by atoms with E-state index in [1.165, 1.54) is 11.3 Å². The molecule has 0 radical (unpaired) electrons. The highest BCUT2D eigenvalue weighted by Gasteiger charge is 2.13. The molecule has 0 atom stereocenters. The molecular formula is C14H13ClN4OS. The molecule has 7 heteroatoms. The van der Waals surface area contributed by atoms with Crippen molar-refractivity contribution in [1.29, 1.82) is 0 Å². The van der Waals surface area contributed by atoms with Gasteiger partial charge >= 0.3 is 0 Å². The van der Waals surface area contributed by atoms with Crippen LogP contribution in [0, 0.1) is 13.8 Å². The second-order valence-electron chi connectivity index (χ2n) is 4.61. The molecule has 0 bridgehead atoms. The lowest BCUT2D eigenvalue weighted by atomic mass is 10.1. The van der Waals surface area contributed by atoms with E-state index < -0.39 is 0 Å². The fourth-order valence-corrected chi connectivity index (χ4v) is 3.21. The number of aryl methyl sites for hydroxylation is 2. The maximum absolute atomic E-state index is 6.04. The van der Waals surface area contributed by atoms with Crippen molar-refractivity contribution in [1.82, 2.24) is 9.97 Å². The Kier molecular flexibility index (Phi) is 3.67. The van der Waals surface area contributed by atoms with E-state index in [1.54, 1.807) is 0 Å². The molecule has 2 heterocycles. The predicted octanol–water partition coefficient (Wildman–Crippen LogP) is 4.04. The number of thiophene rings is 1. The van der Waals surface area contributed by atoms with E-state index in [0.29, 0.717) is 16.9 Å². The van der Waals surface area contributed by atoms with Gasteiger partial charge in [-0.2, -0.15) is 4.98 Å². The van der Waals surface area contributed by atoms with Gasteiger partial charge in [-0.05, 0) is 48.6 Å². The number of hydrazine groups is 1. The zero-order chi connectivity index (χ0) is 15.0. The monoisotopic (exact) mass is 320 g/mol. The van der Waals surface area contributed by atoms with Gasteiger partial charge in [0.05, 0.1) is 5.39 Å². The number of anilines is 1. The lowest BCUT2D eigenvalue weighted by Gasteiger charge is -2.12. The number of ether oxygens (including phenoxy) is 1. The van der Waals surface area contributed by atoms with Crippen LogP contribution < -0.4 is 16.0 Å². The van der Waals surface area contributed by atoms with Crippen LogP contribution in [0.1, 0.15) is 11.1 Å². The lowest BCUT2D eigenvalue weighted by Crippen LogP contribution is -2.10. The smallest absolute Gasteiger partial charge is 0.241 e. The summed E-state index contributed by atoms with van der Waals surface area (Å²) in [6, 6.07) is 5.65. The van der Waals surface area contributed by atoms with Crippen LogP contribution in [0.4, 0.5) is 5.95 Å². The van der Waals surface area contributed by atoms with E-state index in [0.717, 1.165) is 27.1 Å². The highest BCUT2D eigenvalue weighted by molar-refractivity contribution is 7.16. The van der Waals surface area contributed by atoms with Crippen molar-refractivity contribution in [2.45, 2.75) is 13.8 Å². The number of halogens is 1. The van der Waals surface area contributed by atoms with Gasteiger partial charge in [0.15, 0.2) is 0 Å². The van der Waals surface area contributed by atoms with Crippen molar-refractivity contribution in [2.24, 2.45) is 5.84 Å². The zero-order valence-electron chi connectivity index (χ0n) is 11.5. The minimum absolute atomic E-state index is 0.323. The molecule has 3 rings (SSSR count). The molecule has 21 heavy (non-hydrogen) atoms. The summed E-state index contributed by atoms with van der Waals surface area (Å²) in [5, 5.41) is 3.48. The fourth-order valence-electron chi connectivity index (χ4n) is 2.13. The van der Waals surface area contributed by atoms with Crippen molar-refractivity contribution < 1.29 is 4.74 Å². The number of benzene rings is 1. The molecule has 3 N–H and O–H groups in total. The van der Waals surface area contributed by atoms with Crippen LogP contribution in [-0.2, 0) is 0 Å². The highest BCUT2D eigenvalue weighted by atomic mass is 35.5. The molecular weight excluding hydrogens is 308 g/mol. The molecule has 1 aromatic carbocycles. The van der Waals surface area contributed by atoms with E-state index in [9.17, 15) is 0 Å². The lowest BCUT2D eigenvalue weighted by molar-refractivity contribution is 0.462. The van der Waals surface area contributed by atoms with Gasteiger partial charge in [-0.3, -0.25) is 5.43 Å². The Bertz CT molecular complexity index is 795. The number of nitrogens with zero attached hydrogens (tertiary/aromatic N) is 2. The second kappa shape index (κ2) is 5.48. The van der Waals surface area contributed by atoms with Crippen molar-refractivity contribution in [3.8, 4) is 11.6 Å². The molecule has 0 aliphatic heterocycles. The molecule has 0 fully saturated rings. The number of aromatic nitrogens is 2. The first-order chi connectivity index (χ1) is 10.1. The minimum atomic E-state index is 0.323. The third-order valence-electron chi connectivity index (χ3n) is 3.04. The molecule has 0 spiro atoms. The summed E-state index contributed by atoms with van der Waals surface area (Å²) in [6.07, 6.45) is 0. The average Bonchev–Trinajstić information content (AvgIpc) is 2.90. The second-order valence-corrected chi connectivity index (χ2v) is 5.94. The van der Waals surface area contributed by atoms with Gasteiger partial charge in [-0.25, -0.2) is 10.8 Å². The third-order valence-corrected chi connectivity index (χ3v) is 4.07. The Morgan fingerprint density at radius 1 is 1.24 bits per heavy atom. The summed E-state index contributed by atoms with van der Waals surface area (Å²) >= 11 is 7.55. The molecule has 0 saturated carbocycles. The number of hydrogen-bond acceptors (Lipinski definition) is 6. The van der Waals surface area contributed by atoms with E-state index in [2.05, 4.69) is 15.4 Å². The van der Waals surface area contributed by atoms with Crippen LogP contribution in [0.5, 0.6) is 11.6 Å². The normalized spacial score (nSPS) is 10.9. The van der Waals surface area contributed by atoms with Crippen molar-refractivity contribution in [3.63, 3.8) is 0 Å². The predicted molar refractivity (Wildman–Crippen MR) is 86.2 cm³/mol. The SMILES string of the molecule is Cc1cc(Cl)cc(C)c1Oc1nc(NN)nc2sccc12. The molecule has 3 aromatic rings. The number of fused-ring (bicyclic) bond motifs is 1. The van der Waals surface area contributed by atoms with Gasteiger partial charge in [0, 0.05) is 5.02 Å². The Balaban J connectivity index is 2.11. The topological polar surface area (TPSA) is 73.1 Å². The molecule has 2 aromatic heterocycles. The van der Waals surface area contributed by atoms with Gasteiger partial charge in [-0.15, -0.1) is 11.3 Å². The Hall–Kier alpha value is -1.89. The van der Waals surface area contributed by atoms with Gasteiger partial charge in [0.1, 0.15) is 10.6 Å². The molecule has 0 saturated heterocycles. The summed E-state index contributed by atoms with van der Waals surface area (Å²) in [6.45, 7) is 3.89. The largest absolute Gasteiger partial charge is 0.438 e. The van der Waals surface area contributed by atoms with Gasteiger partial charge in [0.25, 0.3) is 0 Å². The van der Waals surface area contributed by atoms with Crippen LogP contribution >= 0.6 is 22.9 Å². The number of nitrogens with one attached hydrogen (secondary N) is 1. The van der Waals surface area contributed by atoms with E-state index in [1.807, 2.05) is 37.4 Å². The molecule has 0 unspecified atom stereocenters.